The summed E-state index contributed by atoms with van der Waals surface area (Å²) in [5, 5.41) is 9.33. The Hall–Kier alpha value is -3.44. The normalized spacial score (nSPS) is 11.7. The minimum Gasteiger partial charge on any atom is -0.331 e. The number of benzene rings is 3. The van der Waals surface area contributed by atoms with Crippen LogP contribution in [-0.2, 0) is 4.79 Å². The van der Waals surface area contributed by atoms with Gasteiger partial charge in [-0.15, -0.1) is 11.3 Å². The maximum absolute atomic E-state index is 12.9. The third-order valence-electron chi connectivity index (χ3n) is 5.24. The molecule has 31 heavy (non-hydrogen) atoms. The van der Waals surface area contributed by atoms with E-state index in [1.54, 1.807) is 11.3 Å². The Morgan fingerprint density at radius 1 is 1.00 bits per heavy atom. The molecule has 156 valence electrons. The van der Waals surface area contributed by atoms with E-state index < -0.39 is 0 Å². The molecule has 0 saturated heterocycles. The molecule has 3 aromatic carbocycles. The van der Waals surface area contributed by atoms with Crippen LogP contribution in [0.3, 0.4) is 0 Å². The SMILES string of the molecule is CCC(C(=O)Nc1cccc(-c2csc(Nc3ccccc3C)n2)c1)c1ccccc1. The number of nitrogens with one attached hydrogen (secondary N) is 2. The lowest BCUT2D eigenvalue weighted by atomic mass is 9.95. The number of rotatable bonds is 7. The Balaban J connectivity index is 1.49. The number of amides is 1. The van der Waals surface area contributed by atoms with Crippen LogP contribution in [-0.4, -0.2) is 10.9 Å². The fourth-order valence-corrected chi connectivity index (χ4v) is 4.27. The molecule has 4 nitrogen and oxygen atoms in total. The van der Waals surface area contributed by atoms with Gasteiger partial charge in [0.25, 0.3) is 0 Å². The minimum absolute atomic E-state index is 0.00559. The summed E-state index contributed by atoms with van der Waals surface area (Å²) in [7, 11) is 0. The first-order chi connectivity index (χ1) is 15.1. The number of carbonyl (C=O) groups excluding carboxylic acids is 1. The van der Waals surface area contributed by atoms with Crippen LogP contribution >= 0.6 is 11.3 Å². The highest BCUT2D eigenvalue weighted by atomic mass is 32.1. The highest BCUT2D eigenvalue weighted by molar-refractivity contribution is 7.14. The van der Waals surface area contributed by atoms with Crippen LogP contribution in [0.25, 0.3) is 11.3 Å². The standard InChI is InChI=1S/C26H25N3OS/c1-3-22(19-11-5-4-6-12-19)25(30)27-21-14-9-13-20(16-21)24-17-31-26(29-24)28-23-15-8-7-10-18(23)2/h4-17,22H,3H2,1-2H3,(H,27,30)(H,28,29). The quantitative estimate of drug-likeness (QED) is 0.334. The zero-order valence-electron chi connectivity index (χ0n) is 17.6. The molecule has 1 amide bonds. The molecule has 0 bridgehead atoms. The van der Waals surface area contributed by atoms with Gasteiger partial charge < -0.3 is 10.6 Å². The second-order valence-corrected chi connectivity index (χ2v) is 8.28. The third kappa shape index (κ3) is 5.01. The van der Waals surface area contributed by atoms with E-state index in [4.69, 9.17) is 4.98 Å². The minimum atomic E-state index is -0.172. The zero-order valence-corrected chi connectivity index (χ0v) is 18.4. The highest BCUT2D eigenvalue weighted by Gasteiger charge is 2.18. The number of aromatic nitrogens is 1. The number of hydrogen-bond acceptors (Lipinski definition) is 4. The molecule has 0 spiro atoms. The van der Waals surface area contributed by atoms with Crippen LogP contribution in [0.15, 0.2) is 84.2 Å². The van der Waals surface area contributed by atoms with Crippen molar-refractivity contribution in [3.05, 3.63) is 95.4 Å². The van der Waals surface area contributed by atoms with E-state index in [-0.39, 0.29) is 11.8 Å². The van der Waals surface area contributed by atoms with Crippen molar-refractivity contribution < 1.29 is 4.79 Å². The summed E-state index contributed by atoms with van der Waals surface area (Å²) in [6.45, 7) is 4.11. The van der Waals surface area contributed by atoms with Gasteiger partial charge in [0.2, 0.25) is 5.91 Å². The molecule has 0 saturated carbocycles. The molecule has 0 aliphatic rings. The molecule has 1 unspecified atom stereocenters. The molecule has 0 aliphatic carbocycles. The predicted molar refractivity (Wildman–Crippen MR) is 130 cm³/mol. The average Bonchev–Trinajstić information content (AvgIpc) is 3.25. The van der Waals surface area contributed by atoms with Gasteiger partial charge in [-0.2, -0.15) is 0 Å². The highest BCUT2D eigenvalue weighted by Crippen LogP contribution is 2.30. The van der Waals surface area contributed by atoms with E-state index in [9.17, 15) is 4.79 Å². The van der Waals surface area contributed by atoms with E-state index >= 15 is 0 Å². The van der Waals surface area contributed by atoms with Crippen LogP contribution in [0.2, 0.25) is 0 Å². The molecule has 2 N–H and O–H groups in total. The Labute approximate surface area is 187 Å². The van der Waals surface area contributed by atoms with Gasteiger partial charge in [-0.05, 0) is 42.7 Å². The predicted octanol–water partition coefficient (Wildman–Crippen LogP) is 6.99. The van der Waals surface area contributed by atoms with Crippen molar-refractivity contribution in [1.82, 2.24) is 4.98 Å². The summed E-state index contributed by atoms with van der Waals surface area (Å²) in [5.74, 6) is -0.167. The van der Waals surface area contributed by atoms with Gasteiger partial charge in [-0.1, -0.05) is 67.6 Å². The van der Waals surface area contributed by atoms with Gasteiger partial charge in [-0.3, -0.25) is 4.79 Å². The van der Waals surface area contributed by atoms with Gasteiger partial charge in [0.1, 0.15) is 0 Å². The second kappa shape index (κ2) is 9.58. The van der Waals surface area contributed by atoms with E-state index in [0.29, 0.717) is 0 Å². The number of aryl methyl sites for hydroxylation is 1. The fourth-order valence-electron chi connectivity index (χ4n) is 3.54. The molecular weight excluding hydrogens is 402 g/mol. The summed E-state index contributed by atoms with van der Waals surface area (Å²) in [6, 6.07) is 25.9. The van der Waals surface area contributed by atoms with Gasteiger partial charge in [-0.25, -0.2) is 4.98 Å². The van der Waals surface area contributed by atoms with Crippen molar-refractivity contribution in [3.8, 4) is 11.3 Å². The molecule has 1 heterocycles. The first-order valence-corrected chi connectivity index (χ1v) is 11.3. The van der Waals surface area contributed by atoms with Crippen LogP contribution in [0, 0.1) is 6.92 Å². The van der Waals surface area contributed by atoms with Crippen molar-refractivity contribution in [2.75, 3.05) is 10.6 Å². The van der Waals surface area contributed by atoms with E-state index in [1.165, 1.54) is 5.56 Å². The van der Waals surface area contributed by atoms with Crippen LogP contribution in [0.5, 0.6) is 0 Å². The van der Waals surface area contributed by atoms with Gasteiger partial charge in [0.15, 0.2) is 5.13 Å². The molecule has 0 radical (unpaired) electrons. The van der Waals surface area contributed by atoms with Crippen molar-refractivity contribution in [1.29, 1.82) is 0 Å². The molecule has 0 fully saturated rings. The number of para-hydroxylation sites is 1. The van der Waals surface area contributed by atoms with E-state index in [2.05, 4.69) is 23.6 Å². The average molecular weight is 428 g/mol. The molecule has 4 rings (SSSR count). The largest absolute Gasteiger partial charge is 0.331 e. The molecular formula is C26H25N3OS. The van der Waals surface area contributed by atoms with Crippen molar-refractivity contribution >= 4 is 33.8 Å². The Morgan fingerprint density at radius 2 is 1.77 bits per heavy atom. The summed E-state index contributed by atoms with van der Waals surface area (Å²) < 4.78 is 0. The maximum atomic E-state index is 12.9. The Bertz CT molecular complexity index is 1170. The van der Waals surface area contributed by atoms with Gasteiger partial charge in [0.05, 0.1) is 11.6 Å². The second-order valence-electron chi connectivity index (χ2n) is 7.42. The summed E-state index contributed by atoms with van der Waals surface area (Å²) in [4.78, 5) is 17.6. The van der Waals surface area contributed by atoms with Crippen molar-refractivity contribution in [3.63, 3.8) is 0 Å². The number of nitrogens with zero attached hydrogens (tertiary/aromatic N) is 1. The topological polar surface area (TPSA) is 54.0 Å². The lowest BCUT2D eigenvalue weighted by Gasteiger charge is -2.15. The van der Waals surface area contributed by atoms with E-state index in [1.807, 2.05) is 85.1 Å². The smallest absolute Gasteiger partial charge is 0.231 e. The van der Waals surface area contributed by atoms with Crippen LogP contribution in [0.1, 0.15) is 30.4 Å². The molecule has 1 atom stereocenters. The summed E-state index contributed by atoms with van der Waals surface area (Å²) >= 11 is 1.56. The van der Waals surface area contributed by atoms with Crippen molar-refractivity contribution in [2.45, 2.75) is 26.2 Å². The van der Waals surface area contributed by atoms with Crippen LogP contribution < -0.4 is 10.6 Å². The first-order valence-electron chi connectivity index (χ1n) is 10.4. The number of carbonyl (C=O) groups is 1. The molecule has 4 aromatic rings. The fraction of sp³-hybridized carbons (Fsp3) is 0.154. The van der Waals surface area contributed by atoms with Crippen LogP contribution in [0.4, 0.5) is 16.5 Å². The number of anilines is 3. The summed E-state index contributed by atoms with van der Waals surface area (Å²) in [5.41, 5.74) is 5.89. The van der Waals surface area contributed by atoms with Gasteiger partial charge in [0, 0.05) is 22.3 Å². The number of thiazole rings is 1. The summed E-state index contributed by atoms with van der Waals surface area (Å²) in [6.07, 6.45) is 0.746. The van der Waals surface area contributed by atoms with E-state index in [0.717, 1.165) is 39.7 Å². The first kappa shape index (κ1) is 20.8. The Morgan fingerprint density at radius 3 is 2.55 bits per heavy atom. The lowest BCUT2D eigenvalue weighted by Crippen LogP contribution is -2.20. The zero-order chi connectivity index (χ0) is 21.6. The third-order valence-corrected chi connectivity index (χ3v) is 6.00. The monoisotopic (exact) mass is 427 g/mol. The van der Waals surface area contributed by atoms with Crippen molar-refractivity contribution in [2.24, 2.45) is 0 Å². The maximum Gasteiger partial charge on any atom is 0.231 e. The number of hydrogen-bond donors (Lipinski definition) is 2. The molecule has 0 aliphatic heterocycles. The lowest BCUT2D eigenvalue weighted by molar-refractivity contribution is -0.117. The van der Waals surface area contributed by atoms with Gasteiger partial charge >= 0.3 is 0 Å². The Kier molecular flexibility index (Phi) is 6.43. The molecule has 1 aromatic heterocycles. The molecule has 5 heteroatoms.